The van der Waals surface area contributed by atoms with Gasteiger partial charge in [-0.15, -0.1) is 0 Å². The molecular formula is C15H14BrN3O2. The van der Waals surface area contributed by atoms with Crippen molar-refractivity contribution in [2.24, 2.45) is 0 Å². The molecule has 0 spiro atoms. The van der Waals surface area contributed by atoms with Gasteiger partial charge in [-0.1, -0.05) is 18.2 Å². The van der Waals surface area contributed by atoms with E-state index >= 15 is 0 Å². The maximum absolute atomic E-state index is 12.2. The molecule has 0 unspecified atom stereocenters. The molecule has 0 atom stereocenters. The number of pyridine rings is 1. The van der Waals surface area contributed by atoms with Crippen LogP contribution in [-0.2, 0) is 11.2 Å². The second-order valence-electron chi connectivity index (χ2n) is 4.33. The van der Waals surface area contributed by atoms with Gasteiger partial charge in [0.2, 0.25) is 5.91 Å². The van der Waals surface area contributed by atoms with E-state index in [-0.39, 0.29) is 18.2 Å². The molecule has 0 aliphatic rings. The smallest absolute Gasteiger partial charge is 0.255 e. The van der Waals surface area contributed by atoms with E-state index in [4.69, 9.17) is 0 Å². The molecule has 5 nitrogen and oxygen atoms in total. The van der Waals surface area contributed by atoms with Crippen LogP contribution in [0.2, 0.25) is 0 Å². The number of hydrogen-bond donors (Lipinski definition) is 2. The van der Waals surface area contributed by atoms with Crippen molar-refractivity contribution in [3.63, 3.8) is 0 Å². The van der Waals surface area contributed by atoms with Crippen LogP contribution >= 0.6 is 15.9 Å². The molecule has 0 saturated heterocycles. The number of nitrogens with zero attached hydrogens (tertiary/aromatic N) is 1. The molecule has 0 saturated carbocycles. The molecule has 1 aromatic carbocycles. The largest absolute Gasteiger partial charge is 0.359 e. The van der Waals surface area contributed by atoms with Gasteiger partial charge in [0.05, 0.1) is 6.42 Å². The van der Waals surface area contributed by atoms with E-state index in [9.17, 15) is 9.59 Å². The first-order valence-electron chi connectivity index (χ1n) is 6.31. The zero-order valence-corrected chi connectivity index (χ0v) is 13.0. The first-order chi connectivity index (χ1) is 10.1. The van der Waals surface area contributed by atoms with E-state index in [0.29, 0.717) is 15.9 Å². The number of amides is 2. The molecule has 0 aliphatic carbocycles. The van der Waals surface area contributed by atoms with E-state index in [1.54, 1.807) is 31.4 Å². The minimum absolute atomic E-state index is 0.108. The highest BCUT2D eigenvalue weighted by atomic mass is 79.9. The predicted molar refractivity (Wildman–Crippen MR) is 84.1 cm³/mol. The lowest BCUT2D eigenvalue weighted by atomic mass is 10.1. The Kier molecular flexibility index (Phi) is 5.05. The Hall–Kier alpha value is -2.21. The fourth-order valence-corrected chi connectivity index (χ4v) is 2.16. The van der Waals surface area contributed by atoms with Gasteiger partial charge in [0.25, 0.3) is 5.91 Å². The van der Waals surface area contributed by atoms with Crippen LogP contribution in [0.15, 0.2) is 47.2 Å². The maximum atomic E-state index is 12.2. The van der Waals surface area contributed by atoms with Crippen molar-refractivity contribution in [2.45, 2.75) is 6.42 Å². The molecule has 21 heavy (non-hydrogen) atoms. The van der Waals surface area contributed by atoms with Crippen LogP contribution < -0.4 is 10.6 Å². The van der Waals surface area contributed by atoms with Crippen LogP contribution in [0.4, 0.5) is 5.69 Å². The van der Waals surface area contributed by atoms with Crippen molar-refractivity contribution in [1.29, 1.82) is 0 Å². The third-order valence-electron chi connectivity index (χ3n) is 2.88. The summed E-state index contributed by atoms with van der Waals surface area (Å²) < 4.78 is 0.591. The van der Waals surface area contributed by atoms with Crippen molar-refractivity contribution < 1.29 is 9.59 Å². The number of benzene rings is 1. The van der Waals surface area contributed by atoms with Gasteiger partial charge in [-0.3, -0.25) is 9.59 Å². The fraction of sp³-hybridized carbons (Fsp3) is 0.133. The van der Waals surface area contributed by atoms with Gasteiger partial charge in [0.15, 0.2) is 0 Å². The lowest BCUT2D eigenvalue weighted by molar-refractivity contribution is -0.119. The molecule has 2 amide bonds. The summed E-state index contributed by atoms with van der Waals surface area (Å²) >= 11 is 3.23. The first-order valence-corrected chi connectivity index (χ1v) is 7.11. The number of carbonyl (C=O) groups is 2. The number of aromatic nitrogens is 1. The van der Waals surface area contributed by atoms with E-state index in [0.717, 1.165) is 5.56 Å². The minimum atomic E-state index is -0.248. The van der Waals surface area contributed by atoms with Gasteiger partial charge >= 0.3 is 0 Å². The van der Waals surface area contributed by atoms with Crippen LogP contribution in [0, 0.1) is 0 Å². The summed E-state index contributed by atoms with van der Waals surface area (Å²) in [5.74, 6) is -0.356. The summed E-state index contributed by atoms with van der Waals surface area (Å²) in [5.41, 5.74) is 1.88. The highest BCUT2D eigenvalue weighted by molar-refractivity contribution is 9.10. The second-order valence-corrected chi connectivity index (χ2v) is 5.14. The zero-order valence-electron chi connectivity index (χ0n) is 11.4. The number of halogens is 1. The van der Waals surface area contributed by atoms with E-state index in [1.165, 1.54) is 0 Å². The van der Waals surface area contributed by atoms with Gasteiger partial charge in [-0.2, -0.15) is 0 Å². The number of para-hydroxylation sites is 1. The third-order valence-corrected chi connectivity index (χ3v) is 3.32. The average molecular weight is 348 g/mol. The van der Waals surface area contributed by atoms with Gasteiger partial charge < -0.3 is 10.6 Å². The number of likely N-dealkylation sites (N-methyl/N-ethyl adjacent to an activating group) is 1. The van der Waals surface area contributed by atoms with Crippen LogP contribution in [0.5, 0.6) is 0 Å². The molecule has 1 aromatic heterocycles. The molecule has 0 radical (unpaired) electrons. The standard InChI is InChI=1S/C15H14BrN3O2/c1-17-14(20)9-10-4-2-3-5-12(10)19-15(21)11-6-7-18-13(16)8-11/h2-8H,9H2,1H3,(H,17,20)(H,19,21). The molecule has 2 N–H and O–H groups in total. The monoisotopic (exact) mass is 347 g/mol. The van der Waals surface area contributed by atoms with Gasteiger partial charge in [-0.05, 0) is 39.7 Å². The molecular weight excluding hydrogens is 334 g/mol. The Morgan fingerprint density at radius 3 is 2.71 bits per heavy atom. The van der Waals surface area contributed by atoms with Crippen molar-refractivity contribution >= 4 is 33.4 Å². The number of nitrogens with one attached hydrogen (secondary N) is 2. The van der Waals surface area contributed by atoms with Crippen molar-refractivity contribution in [1.82, 2.24) is 10.3 Å². The molecule has 2 rings (SSSR count). The molecule has 2 aromatic rings. The summed E-state index contributed by atoms with van der Waals surface area (Å²) in [6.07, 6.45) is 1.77. The average Bonchev–Trinajstić information content (AvgIpc) is 2.49. The fourth-order valence-electron chi connectivity index (χ4n) is 1.80. The summed E-state index contributed by atoms with van der Waals surface area (Å²) in [4.78, 5) is 27.7. The predicted octanol–water partition coefficient (Wildman–Crippen LogP) is 2.38. The Morgan fingerprint density at radius 1 is 1.24 bits per heavy atom. The Morgan fingerprint density at radius 2 is 2.00 bits per heavy atom. The first kappa shape index (κ1) is 15.2. The Bertz CT molecular complexity index is 673. The molecule has 0 bridgehead atoms. The summed E-state index contributed by atoms with van der Waals surface area (Å²) in [7, 11) is 1.58. The zero-order chi connectivity index (χ0) is 15.2. The van der Waals surface area contributed by atoms with Crippen LogP contribution in [0.3, 0.4) is 0 Å². The summed E-state index contributed by atoms with van der Waals surface area (Å²) in [5, 5.41) is 5.38. The molecule has 0 aliphatic heterocycles. The molecule has 0 fully saturated rings. The third kappa shape index (κ3) is 4.13. The van der Waals surface area contributed by atoms with E-state index in [2.05, 4.69) is 31.5 Å². The highest BCUT2D eigenvalue weighted by Crippen LogP contribution is 2.17. The van der Waals surface area contributed by atoms with Crippen LogP contribution in [-0.4, -0.2) is 23.8 Å². The van der Waals surface area contributed by atoms with Crippen molar-refractivity contribution in [3.8, 4) is 0 Å². The normalized spacial score (nSPS) is 10.0. The Labute approximate surface area is 130 Å². The van der Waals surface area contributed by atoms with Crippen LogP contribution in [0.1, 0.15) is 15.9 Å². The highest BCUT2D eigenvalue weighted by Gasteiger charge is 2.11. The maximum Gasteiger partial charge on any atom is 0.255 e. The van der Waals surface area contributed by atoms with Crippen molar-refractivity contribution in [2.75, 3.05) is 12.4 Å². The minimum Gasteiger partial charge on any atom is -0.359 e. The van der Waals surface area contributed by atoms with E-state index in [1.807, 2.05) is 18.2 Å². The van der Waals surface area contributed by atoms with Gasteiger partial charge in [0.1, 0.15) is 4.60 Å². The molecule has 1 heterocycles. The van der Waals surface area contributed by atoms with E-state index < -0.39 is 0 Å². The molecule has 108 valence electrons. The number of anilines is 1. The number of hydrogen-bond acceptors (Lipinski definition) is 3. The van der Waals surface area contributed by atoms with Gasteiger partial charge in [-0.25, -0.2) is 4.98 Å². The quantitative estimate of drug-likeness (QED) is 0.834. The number of rotatable bonds is 4. The summed E-state index contributed by atoms with van der Waals surface area (Å²) in [6.45, 7) is 0. The molecule has 6 heteroatoms. The lowest BCUT2D eigenvalue weighted by Crippen LogP contribution is -2.21. The number of carbonyl (C=O) groups excluding carboxylic acids is 2. The lowest BCUT2D eigenvalue weighted by Gasteiger charge is -2.10. The summed E-state index contributed by atoms with van der Waals surface area (Å²) in [6, 6.07) is 10.5. The SMILES string of the molecule is CNC(=O)Cc1ccccc1NC(=O)c1ccnc(Br)c1. The Balaban J connectivity index is 2.19. The second kappa shape index (κ2) is 6.99. The topological polar surface area (TPSA) is 71.1 Å². The van der Waals surface area contributed by atoms with Crippen LogP contribution in [0.25, 0.3) is 0 Å². The van der Waals surface area contributed by atoms with Gasteiger partial charge in [0, 0.05) is 24.5 Å². The van der Waals surface area contributed by atoms with Crippen molar-refractivity contribution in [3.05, 3.63) is 58.3 Å².